The summed E-state index contributed by atoms with van der Waals surface area (Å²) < 4.78 is 27.0. The molecule has 31 heavy (non-hydrogen) atoms. The third-order valence-corrected chi connectivity index (χ3v) is 7.96. The Labute approximate surface area is 183 Å². The molecule has 7 nitrogen and oxygen atoms in total. The molecule has 0 radical (unpaired) electrons. The van der Waals surface area contributed by atoms with E-state index in [4.69, 9.17) is 0 Å². The van der Waals surface area contributed by atoms with Crippen LogP contribution < -0.4 is 10.2 Å². The minimum Gasteiger partial charge on any atom is -0.326 e. The minimum atomic E-state index is -3.53. The molecule has 0 atom stereocenters. The molecule has 0 bridgehead atoms. The molecule has 2 amide bonds. The lowest BCUT2D eigenvalue weighted by Gasteiger charge is -2.30. The normalized spacial score (nSPS) is 18.4. The molecule has 1 N–H and O–H groups in total. The van der Waals surface area contributed by atoms with E-state index in [1.807, 2.05) is 25.1 Å². The molecule has 2 fully saturated rings. The number of nitrogens with one attached hydrogen (secondary N) is 1. The largest absolute Gasteiger partial charge is 0.326 e. The van der Waals surface area contributed by atoms with Gasteiger partial charge in [-0.05, 0) is 56.0 Å². The zero-order chi connectivity index (χ0) is 22.0. The van der Waals surface area contributed by atoms with Crippen molar-refractivity contribution in [3.63, 3.8) is 0 Å². The lowest BCUT2D eigenvalue weighted by molar-refractivity contribution is -0.121. The maximum absolute atomic E-state index is 12.8. The Balaban J connectivity index is 1.39. The summed E-state index contributed by atoms with van der Waals surface area (Å²) in [5.41, 5.74) is 2.49. The summed E-state index contributed by atoms with van der Waals surface area (Å²) in [5.74, 6) is -0.252. The van der Waals surface area contributed by atoms with Crippen molar-refractivity contribution in [2.45, 2.75) is 37.5 Å². The summed E-state index contributed by atoms with van der Waals surface area (Å²) in [5, 5.41) is 2.96. The van der Waals surface area contributed by atoms with E-state index in [0.717, 1.165) is 17.7 Å². The zero-order valence-corrected chi connectivity index (χ0v) is 18.4. The number of carbonyl (C=O) groups is 2. The van der Waals surface area contributed by atoms with Gasteiger partial charge in [0.1, 0.15) is 0 Å². The second kappa shape index (κ2) is 8.80. The van der Waals surface area contributed by atoms with E-state index < -0.39 is 10.0 Å². The Bertz CT molecular complexity index is 1080. The van der Waals surface area contributed by atoms with E-state index in [1.165, 1.54) is 4.31 Å². The predicted molar refractivity (Wildman–Crippen MR) is 119 cm³/mol. The molecule has 2 aromatic rings. The van der Waals surface area contributed by atoms with E-state index in [0.29, 0.717) is 44.6 Å². The van der Waals surface area contributed by atoms with E-state index in [2.05, 4.69) is 5.32 Å². The maximum atomic E-state index is 12.8. The highest BCUT2D eigenvalue weighted by molar-refractivity contribution is 7.89. The van der Waals surface area contributed by atoms with Gasteiger partial charge in [0.25, 0.3) is 0 Å². The number of nitrogens with zero attached hydrogens (tertiary/aromatic N) is 2. The van der Waals surface area contributed by atoms with Gasteiger partial charge >= 0.3 is 0 Å². The highest BCUT2D eigenvalue weighted by atomic mass is 32.2. The first kappa shape index (κ1) is 21.5. The molecule has 0 aliphatic carbocycles. The molecule has 0 spiro atoms. The molecule has 164 valence electrons. The van der Waals surface area contributed by atoms with Crippen LogP contribution in [0.1, 0.15) is 31.2 Å². The highest BCUT2D eigenvalue weighted by Crippen LogP contribution is 2.29. The maximum Gasteiger partial charge on any atom is 0.243 e. The van der Waals surface area contributed by atoms with Crippen LogP contribution in [-0.4, -0.2) is 44.2 Å². The van der Waals surface area contributed by atoms with Crippen LogP contribution in [0.25, 0.3) is 0 Å². The number of rotatable bonds is 5. The lowest BCUT2D eigenvalue weighted by atomic mass is 9.97. The summed E-state index contributed by atoms with van der Waals surface area (Å²) in [6.45, 7) is 3.29. The number of sulfonamides is 1. The van der Waals surface area contributed by atoms with Gasteiger partial charge in [-0.3, -0.25) is 9.59 Å². The molecule has 2 aliphatic heterocycles. The zero-order valence-electron chi connectivity index (χ0n) is 17.6. The lowest BCUT2D eigenvalue weighted by Crippen LogP contribution is -2.41. The molecule has 0 saturated carbocycles. The fourth-order valence-electron chi connectivity index (χ4n) is 4.23. The van der Waals surface area contributed by atoms with E-state index in [9.17, 15) is 18.0 Å². The van der Waals surface area contributed by atoms with Crippen molar-refractivity contribution >= 4 is 33.2 Å². The minimum absolute atomic E-state index is 0.110. The van der Waals surface area contributed by atoms with Crippen LogP contribution in [0.2, 0.25) is 0 Å². The standard InChI is InChI=1S/C23H27N3O4S/c1-17-9-10-19(16-21(17)26-13-5-8-22(26)27)24-23(28)18-11-14-25(15-12-18)31(29,30)20-6-3-2-4-7-20/h2-4,6-7,9-10,16,18H,5,8,11-15H2,1H3,(H,24,28). The van der Waals surface area contributed by atoms with Gasteiger partial charge in [0.15, 0.2) is 0 Å². The Kier molecular flexibility index (Phi) is 6.11. The molecule has 2 aliphatic rings. The number of carbonyl (C=O) groups excluding carboxylic acids is 2. The molecular weight excluding hydrogens is 414 g/mol. The van der Waals surface area contributed by atoms with Gasteiger partial charge in [-0.2, -0.15) is 4.31 Å². The molecule has 2 heterocycles. The first-order chi connectivity index (χ1) is 14.9. The average molecular weight is 442 g/mol. The molecule has 0 aromatic heterocycles. The molecular formula is C23H27N3O4S. The predicted octanol–water partition coefficient (Wildman–Crippen LogP) is 3.16. The van der Waals surface area contributed by atoms with E-state index in [-0.39, 0.29) is 22.6 Å². The van der Waals surface area contributed by atoms with Gasteiger partial charge in [-0.25, -0.2) is 8.42 Å². The van der Waals surface area contributed by atoms with Crippen LogP contribution in [-0.2, 0) is 19.6 Å². The summed E-state index contributed by atoms with van der Waals surface area (Å²) >= 11 is 0. The smallest absolute Gasteiger partial charge is 0.243 e. The average Bonchev–Trinajstić information content (AvgIpc) is 3.21. The monoisotopic (exact) mass is 441 g/mol. The van der Waals surface area contributed by atoms with E-state index >= 15 is 0 Å². The van der Waals surface area contributed by atoms with Crippen molar-refractivity contribution in [2.24, 2.45) is 5.92 Å². The molecule has 2 aromatic carbocycles. The molecule has 0 unspecified atom stereocenters. The topological polar surface area (TPSA) is 86.8 Å². The van der Waals surface area contributed by atoms with E-state index in [1.54, 1.807) is 35.2 Å². The SMILES string of the molecule is Cc1ccc(NC(=O)C2CCN(S(=O)(=O)c3ccccc3)CC2)cc1N1CCCC1=O. The number of amides is 2. The summed E-state index contributed by atoms with van der Waals surface area (Å²) in [6.07, 6.45) is 2.35. The van der Waals surface area contributed by atoms with Crippen LogP contribution >= 0.6 is 0 Å². The summed E-state index contributed by atoms with van der Waals surface area (Å²) in [4.78, 5) is 27.0. The van der Waals surface area contributed by atoms with Gasteiger partial charge in [0, 0.05) is 43.3 Å². The van der Waals surface area contributed by atoms with Crippen molar-refractivity contribution in [3.8, 4) is 0 Å². The Hall–Kier alpha value is -2.71. The van der Waals surface area contributed by atoms with Gasteiger partial charge in [-0.15, -0.1) is 0 Å². The third-order valence-electron chi connectivity index (χ3n) is 6.05. The number of aryl methyl sites for hydroxylation is 1. The van der Waals surface area contributed by atoms with Crippen LogP contribution in [0.3, 0.4) is 0 Å². The fourth-order valence-corrected chi connectivity index (χ4v) is 5.72. The third kappa shape index (κ3) is 4.50. The second-order valence-electron chi connectivity index (χ2n) is 8.13. The molecule has 8 heteroatoms. The summed E-state index contributed by atoms with van der Waals surface area (Å²) in [6, 6.07) is 14.0. The first-order valence-corrected chi connectivity index (χ1v) is 12.1. The highest BCUT2D eigenvalue weighted by Gasteiger charge is 2.32. The van der Waals surface area contributed by atoms with Gasteiger partial charge < -0.3 is 10.2 Å². The van der Waals surface area contributed by atoms with Crippen LogP contribution in [0.5, 0.6) is 0 Å². The second-order valence-corrected chi connectivity index (χ2v) is 10.1. The Morgan fingerprint density at radius 3 is 2.39 bits per heavy atom. The van der Waals surface area contributed by atoms with Crippen molar-refractivity contribution < 1.29 is 18.0 Å². The molecule has 2 saturated heterocycles. The van der Waals surface area contributed by atoms with Crippen molar-refractivity contribution in [1.82, 2.24) is 4.31 Å². The Morgan fingerprint density at radius 2 is 1.74 bits per heavy atom. The fraction of sp³-hybridized carbons (Fsp3) is 0.391. The van der Waals surface area contributed by atoms with Gasteiger partial charge in [0.05, 0.1) is 4.90 Å². The number of hydrogen-bond donors (Lipinski definition) is 1. The van der Waals surface area contributed by atoms with Crippen molar-refractivity contribution in [1.29, 1.82) is 0 Å². The van der Waals surface area contributed by atoms with Crippen LogP contribution in [0.4, 0.5) is 11.4 Å². The Morgan fingerprint density at radius 1 is 1.03 bits per heavy atom. The van der Waals surface area contributed by atoms with Crippen LogP contribution in [0.15, 0.2) is 53.4 Å². The number of piperidine rings is 1. The molecule has 4 rings (SSSR count). The van der Waals surface area contributed by atoms with Crippen molar-refractivity contribution in [3.05, 3.63) is 54.1 Å². The van der Waals surface area contributed by atoms with Gasteiger partial charge in [0.2, 0.25) is 21.8 Å². The number of anilines is 2. The first-order valence-electron chi connectivity index (χ1n) is 10.6. The number of hydrogen-bond acceptors (Lipinski definition) is 4. The van der Waals surface area contributed by atoms with Crippen molar-refractivity contribution in [2.75, 3.05) is 29.9 Å². The number of benzene rings is 2. The summed E-state index contributed by atoms with van der Waals surface area (Å²) in [7, 11) is -3.53. The van der Waals surface area contributed by atoms with Crippen LogP contribution in [0, 0.1) is 12.8 Å². The van der Waals surface area contributed by atoms with Gasteiger partial charge in [-0.1, -0.05) is 24.3 Å². The quantitative estimate of drug-likeness (QED) is 0.772.